The molecule has 0 amide bonds. The zero-order valence-electron chi connectivity index (χ0n) is 10.6. The Bertz CT molecular complexity index is 641. The molecule has 19 heavy (non-hydrogen) atoms. The lowest BCUT2D eigenvalue weighted by molar-refractivity contribution is 0.111. The van der Waals surface area contributed by atoms with Crippen molar-refractivity contribution in [2.45, 2.75) is 13.5 Å². The maximum atomic E-state index is 11.0. The van der Waals surface area contributed by atoms with E-state index in [9.17, 15) is 4.79 Å². The SMILES string of the molecule is Cc1ccc(OCc2cccc(C#N)c2)c(C=O)c1. The molecule has 2 aromatic carbocycles. The van der Waals surface area contributed by atoms with Crippen LogP contribution < -0.4 is 4.74 Å². The average Bonchev–Trinajstić information content (AvgIpc) is 2.46. The summed E-state index contributed by atoms with van der Waals surface area (Å²) < 4.78 is 5.63. The fourth-order valence-corrected chi connectivity index (χ4v) is 1.78. The van der Waals surface area contributed by atoms with Gasteiger partial charge in [-0.3, -0.25) is 4.79 Å². The Balaban J connectivity index is 2.14. The summed E-state index contributed by atoms with van der Waals surface area (Å²) in [5.41, 5.74) is 3.05. The van der Waals surface area contributed by atoms with Crippen LogP contribution in [0.3, 0.4) is 0 Å². The Hall–Kier alpha value is -2.60. The predicted octanol–water partition coefficient (Wildman–Crippen LogP) is 3.26. The molecule has 0 fully saturated rings. The third-order valence-corrected chi connectivity index (χ3v) is 2.74. The number of ether oxygens (including phenoxy) is 1. The molecule has 0 spiro atoms. The average molecular weight is 251 g/mol. The molecule has 0 radical (unpaired) electrons. The van der Waals surface area contributed by atoms with E-state index in [1.54, 1.807) is 24.3 Å². The fourth-order valence-electron chi connectivity index (χ4n) is 1.78. The number of carbonyl (C=O) groups excluding carboxylic acids is 1. The molecule has 94 valence electrons. The number of rotatable bonds is 4. The van der Waals surface area contributed by atoms with Gasteiger partial charge in [0.15, 0.2) is 6.29 Å². The number of carbonyl (C=O) groups is 1. The van der Waals surface area contributed by atoms with Crippen molar-refractivity contribution in [1.29, 1.82) is 5.26 Å². The van der Waals surface area contributed by atoms with Crippen LogP contribution in [-0.4, -0.2) is 6.29 Å². The van der Waals surface area contributed by atoms with Crippen LogP contribution in [0, 0.1) is 18.3 Å². The van der Waals surface area contributed by atoms with Crippen molar-refractivity contribution in [3.05, 3.63) is 64.7 Å². The summed E-state index contributed by atoms with van der Waals surface area (Å²) in [7, 11) is 0. The third kappa shape index (κ3) is 3.20. The molecule has 2 aromatic rings. The number of hydrogen-bond donors (Lipinski definition) is 0. The lowest BCUT2D eigenvalue weighted by Crippen LogP contribution is -1.99. The highest BCUT2D eigenvalue weighted by Crippen LogP contribution is 2.19. The van der Waals surface area contributed by atoms with Crippen LogP contribution in [0.1, 0.15) is 27.0 Å². The summed E-state index contributed by atoms with van der Waals surface area (Å²) in [5.74, 6) is 0.558. The first-order chi connectivity index (χ1) is 9.22. The van der Waals surface area contributed by atoms with Gasteiger partial charge in [0.2, 0.25) is 0 Å². The summed E-state index contributed by atoms with van der Waals surface area (Å²) in [6.07, 6.45) is 0.786. The van der Waals surface area contributed by atoms with Crippen molar-refractivity contribution >= 4 is 6.29 Å². The Morgan fingerprint density at radius 2 is 2.11 bits per heavy atom. The van der Waals surface area contributed by atoms with Gasteiger partial charge in [-0.25, -0.2) is 0 Å². The molecule has 0 atom stereocenters. The van der Waals surface area contributed by atoms with Crippen LogP contribution in [0.5, 0.6) is 5.75 Å². The van der Waals surface area contributed by atoms with Gasteiger partial charge in [-0.2, -0.15) is 5.26 Å². The van der Waals surface area contributed by atoms with E-state index in [1.165, 1.54) is 0 Å². The quantitative estimate of drug-likeness (QED) is 0.784. The standard InChI is InChI=1S/C16H13NO2/c1-12-5-6-16(15(7-12)10-18)19-11-14-4-2-3-13(8-14)9-17/h2-8,10H,11H2,1H3. The number of hydrogen-bond acceptors (Lipinski definition) is 3. The lowest BCUT2D eigenvalue weighted by atomic mass is 10.1. The molecular weight excluding hydrogens is 238 g/mol. The number of nitrogens with zero attached hydrogens (tertiary/aromatic N) is 1. The summed E-state index contributed by atoms with van der Waals surface area (Å²) in [5, 5.41) is 8.82. The fraction of sp³-hybridized carbons (Fsp3) is 0.125. The van der Waals surface area contributed by atoms with Crippen LogP contribution in [0.15, 0.2) is 42.5 Å². The minimum absolute atomic E-state index is 0.333. The minimum atomic E-state index is 0.333. The second kappa shape index (κ2) is 5.83. The molecular formula is C16H13NO2. The molecule has 0 aliphatic rings. The van der Waals surface area contributed by atoms with E-state index in [1.807, 2.05) is 25.1 Å². The second-order valence-electron chi connectivity index (χ2n) is 4.26. The van der Waals surface area contributed by atoms with Crippen LogP contribution >= 0.6 is 0 Å². The molecule has 0 bridgehead atoms. The number of nitriles is 1. The Kier molecular flexibility index (Phi) is 3.94. The van der Waals surface area contributed by atoms with Crippen LogP contribution in [0.2, 0.25) is 0 Å². The number of benzene rings is 2. The van der Waals surface area contributed by atoms with Crippen molar-refractivity contribution in [3.63, 3.8) is 0 Å². The number of aldehydes is 1. The van der Waals surface area contributed by atoms with E-state index in [0.717, 1.165) is 17.4 Å². The van der Waals surface area contributed by atoms with E-state index in [-0.39, 0.29) is 0 Å². The molecule has 0 aliphatic heterocycles. The first-order valence-electron chi connectivity index (χ1n) is 5.90. The van der Waals surface area contributed by atoms with Crippen molar-refractivity contribution in [2.24, 2.45) is 0 Å². The highest BCUT2D eigenvalue weighted by Gasteiger charge is 2.04. The highest BCUT2D eigenvalue weighted by atomic mass is 16.5. The molecule has 0 unspecified atom stereocenters. The molecule has 0 saturated carbocycles. The molecule has 0 heterocycles. The van der Waals surface area contributed by atoms with Crippen LogP contribution in [0.25, 0.3) is 0 Å². The van der Waals surface area contributed by atoms with Gasteiger partial charge in [-0.15, -0.1) is 0 Å². The van der Waals surface area contributed by atoms with E-state index < -0.39 is 0 Å². The second-order valence-corrected chi connectivity index (χ2v) is 4.26. The summed E-state index contributed by atoms with van der Waals surface area (Å²) in [6.45, 7) is 2.26. The molecule has 2 rings (SSSR count). The van der Waals surface area contributed by atoms with E-state index in [4.69, 9.17) is 10.00 Å². The first kappa shape index (κ1) is 12.8. The van der Waals surface area contributed by atoms with Crippen molar-refractivity contribution in [3.8, 4) is 11.8 Å². The normalized spacial score (nSPS) is 9.68. The van der Waals surface area contributed by atoms with Gasteiger partial charge in [-0.1, -0.05) is 23.8 Å². The molecule has 0 saturated heterocycles. The summed E-state index contributed by atoms with van der Waals surface area (Å²) in [6, 6.07) is 14.8. The topological polar surface area (TPSA) is 50.1 Å². The minimum Gasteiger partial charge on any atom is -0.488 e. The lowest BCUT2D eigenvalue weighted by Gasteiger charge is -2.09. The van der Waals surface area contributed by atoms with Crippen molar-refractivity contribution in [2.75, 3.05) is 0 Å². The Labute approximate surface area is 112 Å². The van der Waals surface area contributed by atoms with Gasteiger partial charge in [0.05, 0.1) is 17.2 Å². The predicted molar refractivity (Wildman–Crippen MR) is 72.1 cm³/mol. The first-order valence-corrected chi connectivity index (χ1v) is 5.90. The zero-order valence-corrected chi connectivity index (χ0v) is 10.6. The van der Waals surface area contributed by atoms with Crippen LogP contribution in [-0.2, 0) is 6.61 Å². The smallest absolute Gasteiger partial charge is 0.153 e. The van der Waals surface area contributed by atoms with Crippen molar-refractivity contribution in [1.82, 2.24) is 0 Å². The van der Waals surface area contributed by atoms with Gasteiger partial charge >= 0.3 is 0 Å². The largest absolute Gasteiger partial charge is 0.488 e. The van der Waals surface area contributed by atoms with Gasteiger partial charge in [0, 0.05) is 0 Å². The van der Waals surface area contributed by atoms with Crippen LogP contribution in [0.4, 0.5) is 0 Å². The summed E-state index contributed by atoms with van der Waals surface area (Å²) in [4.78, 5) is 11.0. The van der Waals surface area contributed by atoms with Gasteiger partial charge < -0.3 is 4.74 Å². The maximum Gasteiger partial charge on any atom is 0.153 e. The Morgan fingerprint density at radius 3 is 2.84 bits per heavy atom. The van der Waals surface area contributed by atoms with E-state index >= 15 is 0 Å². The zero-order chi connectivity index (χ0) is 13.7. The summed E-state index contributed by atoms with van der Waals surface area (Å²) >= 11 is 0. The van der Waals surface area contributed by atoms with Crippen molar-refractivity contribution < 1.29 is 9.53 Å². The maximum absolute atomic E-state index is 11.0. The highest BCUT2D eigenvalue weighted by molar-refractivity contribution is 5.79. The molecule has 0 N–H and O–H groups in total. The third-order valence-electron chi connectivity index (χ3n) is 2.74. The molecule has 3 heteroatoms. The molecule has 0 aliphatic carbocycles. The monoisotopic (exact) mass is 251 g/mol. The molecule has 0 aromatic heterocycles. The van der Waals surface area contributed by atoms with Gasteiger partial charge in [0.1, 0.15) is 12.4 Å². The van der Waals surface area contributed by atoms with Gasteiger partial charge in [0.25, 0.3) is 0 Å². The molecule has 3 nitrogen and oxygen atoms in total. The van der Waals surface area contributed by atoms with E-state index in [2.05, 4.69) is 6.07 Å². The van der Waals surface area contributed by atoms with E-state index in [0.29, 0.717) is 23.5 Å². The Morgan fingerprint density at radius 1 is 1.26 bits per heavy atom. The van der Waals surface area contributed by atoms with Gasteiger partial charge in [-0.05, 0) is 36.8 Å². The number of aryl methyl sites for hydroxylation is 1.